The topological polar surface area (TPSA) is 43.8 Å². The van der Waals surface area contributed by atoms with Crippen molar-refractivity contribution in [3.8, 4) is 0 Å². The fourth-order valence-corrected chi connectivity index (χ4v) is 2.76. The van der Waals surface area contributed by atoms with E-state index in [1.807, 2.05) is 16.9 Å². The first kappa shape index (κ1) is 16.0. The van der Waals surface area contributed by atoms with E-state index in [4.69, 9.17) is 17.3 Å². The Kier molecular flexibility index (Phi) is 5.37. The predicted molar refractivity (Wildman–Crippen MR) is 83.9 cm³/mol. The van der Waals surface area contributed by atoms with Gasteiger partial charge in [-0.25, -0.2) is 4.39 Å². The molecule has 2 N–H and O–H groups in total. The molecule has 1 aromatic carbocycles. The van der Waals surface area contributed by atoms with Gasteiger partial charge in [-0.3, -0.25) is 4.68 Å². The first-order chi connectivity index (χ1) is 10.1. The molecule has 0 aliphatic heterocycles. The Morgan fingerprint density at radius 2 is 2.00 bits per heavy atom. The van der Waals surface area contributed by atoms with Gasteiger partial charge < -0.3 is 5.73 Å². The molecule has 2 rings (SSSR count). The molecule has 0 bridgehead atoms. The molecule has 1 unspecified atom stereocenters. The van der Waals surface area contributed by atoms with E-state index in [1.165, 1.54) is 6.07 Å². The van der Waals surface area contributed by atoms with Gasteiger partial charge in [-0.15, -0.1) is 0 Å². The molecule has 2 aromatic rings. The molecule has 0 amide bonds. The number of rotatable bonds is 6. The summed E-state index contributed by atoms with van der Waals surface area (Å²) in [5.74, 6) is -0.438. The molecule has 0 aliphatic rings. The van der Waals surface area contributed by atoms with E-state index in [9.17, 15) is 4.39 Å². The van der Waals surface area contributed by atoms with Gasteiger partial charge in [-0.05, 0) is 30.5 Å². The molecule has 0 radical (unpaired) electrons. The van der Waals surface area contributed by atoms with Crippen LogP contribution in [0.1, 0.15) is 50.0 Å². The second kappa shape index (κ2) is 7.05. The number of benzene rings is 1. The van der Waals surface area contributed by atoms with Crippen LogP contribution in [0, 0.1) is 5.82 Å². The lowest BCUT2D eigenvalue weighted by Gasteiger charge is -2.14. The van der Waals surface area contributed by atoms with E-state index >= 15 is 0 Å². The van der Waals surface area contributed by atoms with Gasteiger partial charge in [0.05, 0.1) is 16.8 Å². The summed E-state index contributed by atoms with van der Waals surface area (Å²) in [5.41, 5.74) is 7.66. The smallest absolute Gasteiger partial charge is 0.142 e. The highest BCUT2D eigenvalue weighted by Crippen LogP contribution is 2.26. The Morgan fingerprint density at radius 3 is 2.67 bits per heavy atom. The number of hydrogen-bond donors (Lipinski definition) is 1. The second-order valence-corrected chi connectivity index (χ2v) is 5.59. The Bertz CT molecular complexity index is 593. The number of nitrogens with zero attached hydrogens (tertiary/aromatic N) is 2. The van der Waals surface area contributed by atoms with Crippen molar-refractivity contribution in [2.75, 3.05) is 0 Å². The van der Waals surface area contributed by atoms with Crippen LogP contribution in [-0.2, 0) is 6.42 Å². The number of halogens is 2. The lowest BCUT2D eigenvalue weighted by atomic mass is 10.0. The average Bonchev–Trinajstić information content (AvgIpc) is 2.91. The fourth-order valence-electron chi connectivity index (χ4n) is 2.49. The normalized spacial score (nSPS) is 12.9. The average molecular weight is 310 g/mol. The van der Waals surface area contributed by atoms with Crippen LogP contribution < -0.4 is 5.73 Å². The zero-order valence-corrected chi connectivity index (χ0v) is 13.1. The summed E-state index contributed by atoms with van der Waals surface area (Å²) in [6, 6.07) is 6.73. The minimum absolute atomic E-state index is 0.101. The molecule has 1 atom stereocenters. The molecule has 0 saturated carbocycles. The van der Waals surface area contributed by atoms with Gasteiger partial charge in [-0.1, -0.05) is 37.6 Å². The number of hydrogen-bond acceptors (Lipinski definition) is 2. The summed E-state index contributed by atoms with van der Waals surface area (Å²) in [6.07, 6.45) is 4.60. The third-order valence-electron chi connectivity index (χ3n) is 3.79. The molecule has 0 aliphatic carbocycles. The quantitative estimate of drug-likeness (QED) is 0.865. The van der Waals surface area contributed by atoms with Crippen LogP contribution in [0.3, 0.4) is 0 Å². The van der Waals surface area contributed by atoms with E-state index in [0.29, 0.717) is 18.0 Å². The van der Waals surface area contributed by atoms with Gasteiger partial charge in [0.15, 0.2) is 0 Å². The molecular formula is C16H21ClFN3. The third-order valence-corrected chi connectivity index (χ3v) is 4.19. The maximum atomic E-state index is 13.5. The van der Waals surface area contributed by atoms with Crippen LogP contribution in [-0.4, -0.2) is 9.78 Å². The van der Waals surface area contributed by atoms with E-state index < -0.39 is 5.82 Å². The monoisotopic (exact) mass is 309 g/mol. The summed E-state index contributed by atoms with van der Waals surface area (Å²) < 4.78 is 15.5. The zero-order chi connectivity index (χ0) is 15.4. The van der Waals surface area contributed by atoms with Crippen molar-refractivity contribution >= 4 is 11.6 Å². The molecule has 5 heteroatoms. The Balaban J connectivity index is 2.13. The van der Waals surface area contributed by atoms with Gasteiger partial charge in [0.1, 0.15) is 5.82 Å². The Morgan fingerprint density at radius 1 is 1.29 bits per heavy atom. The summed E-state index contributed by atoms with van der Waals surface area (Å²) >= 11 is 5.97. The molecular weight excluding hydrogens is 289 g/mol. The first-order valence-corrected chi connectivity index (χ1v) is 7.68. The fraction of sp³-hybridized carbons (Fsp3) is 0.438. The zero-order valence-electron chi connectivity index (χ0n) is 12.4. The van der Waals surface area contributed by atoms with E-state index in [1.54, 1.807) is 12.1 Å². The number of aromatic nitrogens is 2. The maximum Gasteiger partial charge on any atom is 0.142 e. The maximum absolute atomic E-state index is 13.5. The standard InChI is InChI=1S/C16H21ClFN3/c1-3-12(4-2)21-9-8-11(20-21)10-15(19)13-6-5-7-14(18)16(13)17/h5-9,12,15H,3-4,10,19H2,1-2H3. The minimum Gasteiger partial charge on any atom is -0.324 e. The highest BCUT2D eigenvalue weighted by molar-refractivity contribution is 6.31. The van der Waals surface area contributed by atoms with Crippen LogP contribution in [0.2, 0.25) is 5.02 Å². The largest absolute Gasteiger partial charge is 0.324 e. The van der Waals surface area contributed by atoms with Crippen LogP contribution in [0.25, 0.3) is 0 Å². The lowest BCUT2D eigenvalue weighted by molar-refractivity contribution is 0.424. The molecule has 1 heterocycles. The molecule has 1 aromatic heterocycles. The van der Waals surface area contributed by atoms with Crippen molar-refractivity contribution in [2.45, 2.75) is 45.2 Å². The van der Waals surface area contributed by atoms with Crippen LogP contribution in [0.15, 0.2) is 30.5 Å². The van der Waals surface area contributed by atoms with Gasteiger partial charge >= 0.3 is 0 Å². The van der Waals surface area contributed by atoms with Crippen LogP contribution >= 0.6 is 11.6 Å². The summed E-state index contributed by atoms with van der Waals surface area (Å²) in [6.45, 7) is 4.29. The minimum atomic E-state index is -0.438. The molecule has 21 heavy (non-hydrogen) atoms. The predicted octanol–water partition coefficient (Wildman–Crippen LogP) is 4.28. The second-order valence-electron chi connectivity index (χ2n) is 5.21. The number of nitrogens with two attached hydrogens (primary N) is 1. The highest BCUT2D eigenvalue weighted by Gasteiger charge is 2.16. The Labute approximate surface area is 129 Å². The third kappa shape index (κ3) is 3.63. The van der Waals surface area contributed by atoms with Crippen molar-refractivity contribution < 1.29 is 4.39 Å². The van der Waals surface area contributed by atoms with Crippen LogP contribution in [0.5, 0.6) is 0 Å². The summed E-state index contributed by atoms with van der Waals surface area (Å²) in [7, 11) is 0. The van der Waals surface area contributed by atoms with Crippen molar-refractivity contribution in [3.63, 3.8) is 0 Å². The molecule has 0 fully saturated rings. The van der Waals surface area contributed by atoms with Crippen molar-refractivity contribution in [2.24, 2.45) is 5.73 Å². The van der Waals surface area contributed by atoms with Gasteiger partial charge in [0.25, 0.3) is 0 Å². The summed E-state index contributed by atoms with van der Waals surface area (Å²) in [5, 5.41) is 4.67. The molecule has 0 saturated heterocycles. The highest BCUT2D eigenvalue weighted by atomic mass is 35.5. The molecule has 3 nitrogen and oxygen atoms in total. The van der Waals surface area contributed by atoms with Gasteiger partial charge in [0.2, 0.25) is 0 Å². The van der Waals surface area contributed by atoms with Crippen molar-refractivity contribution in [1.29, 1.82) is 0 Å². The van der Waals surface area contributed by atoms with Crippen molar-refractivity contribution in [1.82, 2.24) is 9.78 Å². The van der Waals surface area contributed by atoms with E-state index in [2.05, 4.69) is 18.9 Å². The Hall–Kier alpha value is -1.39. The molecule has 0 spiro atoms. The first-order valence-electron chi connectivity index (χ1n) is 7.30. The van der Waals surface area contributed by atoms with Crippen LogP contribution in [0.4, 0.5) is 4.39 Å². The van der Waals surface area contributed by atoms with E-state index in [-0.39, 0.29) is 11.1 Å². The summed E-state index contributed by atoms with van der Waals surface area (Å²) in [4.78, 5) is 0. The van der Waals surface area contributed by atoms with Gasteiger partial charge in [0, 0.05) is 18.7 Å². The van der Waals surface area contributed by atoms with E-state index in [0.717, 1.165) is 18.5 Å². The SMILES string of the molecule is CCC(CC)n1ccc(CC(N)c2cccc(F)c2Cl)n1. The lowest BCUT2D eigenvalue weighted by Crippen LogP contribution is -2.15. The van der Waals surface area contributed by atoms with Crippen molar-refractivity contribution in [3.05, 3.63) is 52.6 Å². The molecule has 114 valence electrons. The van der Waals surface area contributed by atoms with Gasteiger partial charge in [-0.2, -0.15) is 5.10 Å².